The van der Waals surface area contributed by atoms with E-state index in [1.165, 1.54) is 18.3 Å². The van der Waals surface area contributed by atoms with Crippen molar-refractivity contribution in [2.45, 2.75) is 20.2 Å². The van der Waals surface area contributed by atoms with Crippen LogP contribution in [0.3, 0.4) is 0 Å². The third-order valence-corrected chi connectivity index (χ3v) is 5.90. The molecule has 28 heavy (non-hydrogen) atoms. The number of aromatic nitrogens is 1. The molecule has 4 aromatic rings. The summed E-state index contributed by atoms with van der Waals surface area (Å²) < 4.78 is 24.0. The van der Waals surface area contributed by atoms with Crippen molar-refractivity contribution in [3.63, 3.8) is 0 Å². The number of carboxylic acids is 1. The van der Waals surface area contributed by atoms with E-state index in [0.717, 1.165) is 32.0 Å². The van der Waals surface area contributed by atoms with Gasteiger partial charge in [-0.2, -0.15) is 5.26 Å². The van der Waals surface area contributed by atoms with E-state index >= 15 is 0 Å². The van der Waals surface area contributed by atoms with Crippen LogP contribution < -0.4 is 0 Å². The van der Waals surface area contributed by atoms with Crippen LogP contribution in [0.2, 0.25) is 0 Å². The Balaban J connectivity index is 1.88. The Morgan fingerprint density at radius 3 is 2.71 bits per heavy atom. The van der Waals surface area contributed by atoms with Crippen molar-refractivity contribution in [3.8, 4) is 17.2 Å². The monoisotopic (exact) mass is 389 g/mol. The zero-order valence-electron chi connectivity index (χ0n) is 18.1. The molecule has 2 aromatic carbocycles. The first-order valence-electron chi connectivity index (χ1n) is 10.2. The minimum Gasteiger partial charge on any atom is -0.481 e. The van der Waals surface area contributed by atoms with Gasteiger partial charge in [0.25, 0.3) is 0 Å². The summed E-state index contributed by atoms with van der Waals surface area (Å²) in [4.78, 5) is 16.8. The number of pyridine rings is 1. The van der Waals surface area contributed by atoms with Crippen molar-refractivity contribution in [1.29, 1.82) is 5.26 Å². The van der Waals surface area contributed by atoms with Crippen LogP contribution in [0.15, 0.2) is 54.9 Å². The van der Waals surface area contributed by atoms with Crippen LogP contribution >= 0.6 is 11.3 Å². The Hall–Kier alpha value is -3.23. The molecule has 1 unspecified atom stereocenters. The lowest BCUT2D eigenvalue weighted by molar-refractivity contribution is -0.146. The second kappa shape index (κ2) is 6.74. The number of aliphatic carboxylic acids is 1. The average molecular weight is 389 g/mol. The van der Waals surface area contributed by atoms with Crippen LogP contribution in [0.5, 0.6) is 0 Å². The molecule has 0 saturated heterocycles. The highest BCUT2D eigenvalue weighted by molar-refractivity contribution is 7.19. The van der Waals surface area contributed by atoms with E-state index in [1.807, 2.05) is 36.4 Å². The molecule has 0 aliphatic heterocycles. The molecule has 138 valence electrons. The number of hydrogen-bond donors (Lipinski definition) is 1. The van der Waals surface area contributed by atoms with Crippen LogP contribution in [0.1, 0.15) is 28.3 Å². The smallest absolute Gasteiger partial charge is 0.309 e. The predicted octanol–water partition coefficient (Wildman–Crippen LogP) is 5.64. The van der Waals surface area contributed by atoms with Gasteiger partial charge in [0.15, 0.2) is 0 Å². The highest BCUT2D eigenvalue weighted by Gasteiger charge is 2.28. The first-order chi connectivity index (χ1) is 14.7. The number of hydrogen-bond acceptors (Lipinski definition) is 4. The Morgan fingerprint density at radius 1 is 1.21 bits per heavy atom. The molecule has 0 bridgehead atoms. The maximum Gasteiger partial charge on any atom is 0.309 e. The lowest BCUT2D eigenvalue weighted by Crippen LogP contribution is -2.25. The summed E-state index contributed by atoms with van der Waals surface area (Å²) in [5.74, 6) is -1.35. The summed E-state index contributed by atoms with van der Waals surface area (Å²) >= 11 is 1.35. The molecule has 4 nitrogen and oxygen atoms in total. The zero-order valence-corrected chi connectivity index (χ0v) is 15.9. The molecule has 0 aliphatic rings. The first-order valence-corrected chi connectivity index (χ1v) is 9.49. The van der Waals surface area contributed by atoms with Crippen molar-refractivity contribution >= 4 is 38.2 Å². The average Bonchev–Trinajstić information content (AvgIpc) is 3.14. The number of nitrogens with zero attached hydrogens (tertiary/aromatic N) is 2. The van der Waals surface area contributed by atoms with Gasteiger partial charge >= 0.3 is 5.97 Å². The van der Waals surface area contributed by atoms with Crippen molar-refractivity contribution in [1.82, 2.24) is 4.98 Å². The minimum absolute atomic E-state index is 0.105. The van der Waals surface area contributed by atoms with Gasteiger partial charge in [0.1, 0.15) is 0 Å². The minimum atomic E-state index is -2.64. The van der Waals surface area contributed by atoms with Crippen molar-refractivity contribution < 1.29 is 14.0 Å². The van der Waals surface area contributed by atoms with Gasteiger partial charge < -0.3 is 5.11 Å². The molecule has 4 rings (SSSR count). The van der Waals surface area contributed by atoms with Crippen molar-refractivity contribution in [2.75, 3.05) is 0 Å². The fraction of sp³-hybridized carbons (Fsp3) is 0.174. The number of thiophene rings is 1. The summed E-state index contributed by atoms with van der Waals surface area (Å²) in [7, 11) is 0. The summed E-state index contributed by atoms with van der Waals surface area (Å²) in [5.41, 5.74) is 0.462. The Labute approximate surface area is 170 Å². The number of carbonyl (C=O) groups is 1. The molecule has 2 aromatic heterocycles. The molecule has 0 radical (unpaired) electrons. The fourth-order valence-electron chi connectivity index (χ4n) is 3.37. The molecule has 0 aliphatic carbocycles. The van der Waals surface area contributed by atoms with Gasteiger partial charge in [-0.1, -0.05) is 30.3 Å². The maximum absolute atomic E-state index is 11.8. The number of benzene rings is 2. The van der Waals surface area contributed by atoms with E-state index in [1.54, 1.807) is 18.5 Å². The molecular weight excluding hydrogens is 368 g/mol. The molecule has 1 atom stereocenters. The molecule has 1 N–H and O–H groups in total. The van der Waals surface area contributed by atoms with Crippen LogP contribution in [0, 0.1) is 16.7 Å². The van der Waals surface area contributed by atoms with Gasteiger partial charge in [-0.3, -0.25) is 9.78 Å². The van der Waals surface area contributed by atoms with Gasteiger partial charge in [-0.15, -0.1) is 11.3 Å². The number of rotatable bonds is 4. The van der Waals surface area contributed by atoms with E-state index < -0.39 is 18.2 Å². The quantitative estimate of drug-likeness (QED) is 0.490. The van der Waals surface area contributed by atoms with E-state index in [4.69, 9.17) is 4.11 Å². The maximum atomic E-state index is 11.8. The Morgan fingerprint density at radius 2 is 2.00 bits per heavy atom. The Bertz CT molecular complexity index is 1370. The van der Waals surface area contributed by atoms with E-state index in [-0.39, 0.29) is 6.42 Å². The van der Waals surface area contributed by atoms with Gasteiger partial charge in [0.05, 0.1) is 21.7 Å². The molecular formula is C23H18N2O2S. The molecule has 0 amide bonds. The van der Waals surface area contributed by atoms with E-state index in [2.05, 4.69) is 11.1 Å². The summed E-state index contributed by atoms with van der Waals surface area (Å²) in [5, 5.41) is 21.7. The van der Waals surface area contributed by atoms with Crippen LogP contribution in [0.4, 0.5) is 0 Å². The van der Waals surface area contributed by atoms with Crippen LogP contribution in [-0.4, -0.2) is 16.1 Å². The number of nitriles is 1. The SMILES string of the molecule is [2H]C([2H])([2H])C(C)(Cc1cc2c(-c3ccc(C#N)c4ccccc34)cncc2s1)C(=O)O. The lowest BCUT2D eigenvalue weighted by Gasteiger charge is -2.17. The number of carboxylic acid groups (broad SMARTS) is 1. The largest absolute Gasteiger partial charge is 0.481 e. The molecule has 2 heterocycles. The summed E-state index contributed by atoms with van der Waals surface area (Å²) in [6.07, 6.45) is 3.34. The van der Waals surface area contributed by atoms with Gasteiger partial charge in [-0.05, 0) is 43.3 Å². The third kappa shape index (κ3) is 3.02. The molecule has 0 saturated carbocycles. The van der Waals surface area contributed by atoms with Crippen molar-refractivity contribution in [2.24, 2.45) is 5.41 Å². The normalized spacial score (nSPS) is 15.4. The predicted molar refractivity (Wildman–Crippen MR) is 112 cm³/mol. The standard InChI is InChI=1S/C23H18N2O2S/c1-23(2,22(26)27)10-15-9-19-20(12-25-13-21(19)28-15)18-8-7-14(11-24)16-5-3-4-6-17(16)18/h3-9,12-13H,10H2,1-2H3,(H,26,27)/i1D3. The number of fused-ring (bicyclic) bond motifs is 2. The Kier molecular flexibility index (Phi) is 3.56. The molecule has 0 spiro atoms. The van der Waals surface area contributed by atoms with E-state index in [0.29, 0.717) is 10.4 Å². The molecule has 0 fully saturated rings. The van der Waals surface area contributed by atoms with Gasteiger partial charge in [0.2, 0.25) is 0 Å². The van der Waals surface area contributed by atoms with Gasteiger partial charge in [-0.25, -0.2) is 0 Å². The first kappa shape index (κ1) is 14.8. The second-order valence-corrected chi connectivity index (χ2v) is 8.11. The molecule has 5 heteroatoms. The topological polar surface area (TPSA) is 74.0 Å². The fourth-order valence-corrected chi connectivity index (χ4v) is 4.58. The van der Waals surface area contributed by atoms with Gasteiger partial charge in [0, 0.05) is 37.7 Å². The zero-order chi connectivity index (χ0) is 22.4. The summed E-state index contributed by atoms with van der Waals surface area (Å²) in [6.45, 7) is -1.38. The van der Waals surface area contributed by atoms with Crippen molar-refractivity contribution in [3.05, 3.63) is 65.3 Å². The second-order valence-electron chi connectivity index (χ2n) is 6.94. The highest BCUT2D eigenvalue weighted by Crippen LogP contribution is 2.39. The summed E-state index contributed by atoms with van der Waals surface area (Å²) in [6, 6.07) is 15.4. The van der Waals surface area contributed by atoms with Crippen LogP contribution in [0.25, 0.3) is 32.0 Å². The van der Waals surface area contributed by atoms with E-state index in [9.17, 15) is 15.2 Å². The van der Waals surface area contributed by atoms with Crippen LogP contribution in [-0.2, 0) is 11.2 Å². The lowest BCUT2D eigenvalue weighted by atomic mass is 9.88. The third-order valence-electron chi connectivity index (χ3n) is 4.83. The highest BCUT2D eigenvalue weighted by atomic mass is 32.1.